The molecule has 78 valence electrons. The Morgan fingerprint density at radius 1 is 1.38 bits per heavy atom. The molecule has 0 heterocycles. The van der Waals surface area contributed by atoms with E-state index in [1.54, 1.807) is 0 Å². The van der Waals surface area contributed by atoms with Crippen LogP contribution in [0, 0.1) is 0 Å². The fourth-order valence-electron chi connectivity index (χ4n) is 1.98. The van der Waals surface area contributed by atoms with Crippen LogP contribution >= 0.6 is 24.6 Å². The van der Waals surface area contributed by atoms with Crippen molar-refractivity contribution in [2.75, 3.05) is 11.5 Å². The van der Waals surface area contributed by atoms with Crippen LogP contribution in [0.15, 0.2) is 0 Å². The van der Waals surface area contributed by atoms with E-state index in [-0.39, 0.29) is 0 Å². The van der Waals surface area contributed by atoms with Crippen LogP contribution in [-0.4, -0.2) is 27.9 Å². The van der Waals surface area contributed by atoms with Crippen molar-refractivity contribution < 1.29 is 0 Å². The zero-order valence-electron chi connectivity index (χ0n) is 8.70. The first kappa shape index (κ1) is 11.7. The van der Waals surface area contributed by atoms with E-state index in [1.807, 2.05) is 11.9 Å². The van der Waals surface area contributed by atoms with E-state index in [2.05, 4.69) is 30.8 Å². The van der Waals surface area contributed by atoms with Crippen LogP contribution in [0.5, 0.6) is 0 Å². The summed E-state index contributed by atoms with van der Waals surface area (Å²) in [4.78, 5) is 0. The topological polar surface area (TPSA) is 3.24 Å². The monoisotopic (exact) mass is 219 g/mol. The van der Waals surface area contributed by atoms with Gasteiger partial charge >= 0.3 is 0 Å². The third-order valence-corrected chi connectivity index (χ3v) is 4.46. The first-order chi connectivity index (χ1) is 6.25. The molecule has 1 aliphatic carbocycles. The Bertz CT molecular complexity index is 133. The van der Waals surface area contributed by atoms with Gasteiger partial charge in [0, 0.05) is 23.6 Å². The first-order valence-corrected chi connectivity index (χ1v) is 6.85. The van der Waals surface area contributed by atoms with Crippen molar-refractivity contribution in [3.63, 3.8) is 0 Å². The SMILES string of the molecule is CC(C)N(SCCS)C1CCCC1. The van der Waals surface area contributed by atoms with Gasteiger partial charge in [0.1, 0.15) is 0 Å². The lowest BCUT2D eigenvalue weighted by atomic mass is 10.2. The Hall–Kier alpha value is 0.660. The van der Waals surface area contributed by atoms with Crippen molar-refractivity contribution in [1.82, 2.24) is 4.31 Å². The first-order valence-electron chi connectivity index (χ1n) is 5.28. The van der Waals surface area contributed by atoms with E-state index in [4.69, 9.17) is 0 Å². The van der Waals surface area contributed by atoms with E-state index < -0.39 is 0 Å². The summed E-state index contributed by atoms with van der Waals surface area (Å²) in [7, 11) is 0. The largest absolute Gasteiger partial charge is 0.245 e. The van der Waals surface area contributed by atoms with Gasteiger partial charge in [0.15, 0.2) is 0 Å². The third-order valence-electron chi connectivity index (χ3n) is 2.53. The van der Waals surface area contributed by atoms with Gasteiger partial charge in [-0.15, -0.1) is 0 Å². The molecule has 1 nitrogen and oxygen atoms in total. The van der Waals surface area contributed by atoms with E-state index in [1.165, 1.54) is 25.7 Å². The molecule has 0 N–H and O–H groups in total. The zero-order chi connectivity index (χ0) is 9.68. The Balaban J connectivity index is 2.36. The fourth-order valence-corrected chi connectivity index (χ4v) is 3.24. The summed E-state index contributed by atoms with van der Waals surface area (Å²) in [5.41, 5.74) is 0. The number of hydrogen-bond donors (Lipinski definition) is 1. The van der Waals surface area contributed by atoms with Gasteiger partial charge < -0.3 is 0 Å². The minimum atomic E-state index is 0.674. The summed E-state index contributed by atoms with van der Waals surface area (Å²) in [6, 6.07) is 1.51. The summed E-state index contributed by atoms with van der Waals surface area (Å²) in [5, 5.41) is 0. The Kier molecular flexibility index (Phi) is 5.60. The van der Waals surface area contributed by atoms with Crippen LogP contribution in [0.25, 0.3) is 0 Å². The molecule has 0 atom stereocenters. The predicted octanol–water partition coefficient (Wildman–Crippen LogP) is 3.22. The van der Waals surface area contributed by atoms with Crippen molar-refractivity contribution in [3.8, 4) is 0 Å². The molecule has 1 saturated carbocycles. The molecule has 3 heteroatoms. The van der Waals surface area contributed by atoms with Gasteiger partial charge in [0.25, 0.3) is 0 Å². The number of thiol groups is 1. The lowest BCUT2D eigenvalue weighted by molar-refractivity contribution is 0.304. The molecule has 0 radical (unpaired) electrons. The molecule has 13 heavy (non-hydrogen) atoms. The van der Waals surface area contributed by atoms with Crippen LogP contribution in [0.2, 0.25) is 0 Å². The highest BCUT2D eigenvalue weighted by Crippen LogP contribution is 2.30. The summed E-state index contributed by atoms with van der Waals surface area (Å²) < 4.78 is 2.59. The smallest absolute Gasteiger partial charge is 0.0205 e. The molecule has 0 unspecified atom stereocenters. The van der Waals surface area contributed by atoms with Gasteiger partial charge in [-0.25, -0.2) is 4.31 Å². The molecule has 1 aliphatic rings. The molecular weight excluding hydrogens is 198 g/mol. The van der Waals surface area contributed by atoms with E-state index in [0.29, 0.717) is 6.04 Å². The number of rotatable bonds is 5. The second-order valence-electron chi connectivity index (χ2n) is 3.95. The average Bonchev–Trinajstić information content (AvgIpc) is 2.57. The Morgan fingerprint density at radius 3 is 2.46 bits per heavy atom. The van der Waals surface area contributed by atoms with Gasteiger partial charge in [-0.1, -0.05) is 24.8 Å². The molecule has 0 bridgehead atoms. The lowest BCUT2D eigenvalue weighted by Crippen LogP contribution is -2.33. The average molecular weight is 219 g/mol. The molecule has 0 aromatic carbocycles. The summed E-state index contributed by atoms with van der Waals surface area (Å²) >= 11 is 6.24. The predicted molar refractivity (Wildman–Crippen MR) is 65.5 cm³/mol. The maximum atomic E-state index is 4.26. The second-order valence-corrected chi connectivity index (χ2v) is 5.48. The van der Waals surface area contributed by atoms with Gasteiger partial charge in [-0.3, -0.25) is 0 Å². The Morgan fingerprint density at radius 2 is 2.00 bits per heavy atom. The lowest BCUT2D eigenvalue weighted by Gasteiger charge is -2.31. The number of hydrogen-bond acceptors (Lipinski definition) is 3. The molecule has 0 amide bonds. The van der Waals surface area contributed by atoms with E-state index in [0.717, 1.165) is 17.5 Å². The van der Waals surface area contributed by atoms with Crippen molar-refractivity contribution in [2.24, 2.45) is 0 Å². The molecule has 1 fully saturated rings. The maximum Gasteiger partial charge on any atom is 0.0205 e. The fraction of sp³-hybridized carbons (Fsp3) is 1.00. The summed E-state index contributed by atoms with van der Waals surface area (Å²) in [6.07, 6.45) is 5.65. The van der Waals surface area contributed by atoms with Gasteiger partial charge in [-0.2, -0.15) is 12.6 Å². The van der Waals surface area contributed by atoms with Crippen LogP contribution in [0.3, 0.4) is 0 Å². The third kappa shape index (κ3) is 3.72. The van der Waals surface area contributed by atoms with Gasteiger partial charge in [-0.05, 0) is 26.7 Å². The molecule has 0 saturated heterocycles. The quantitative estimate of drug-likeness (QED) is 0.559. The molecule has 0 aliphatic heterocycles. The minimum absolute atomic E-state index is 0.674. The molecular formula is C10H21NS2. The highest BCUT2D eigenvalue weighted by molar-refractivity contribution is 7.97. The van der Waals surface area contributed by atoms with Crippen molar-refractivity contribution in [2.45, 2.75) is 51.6 Å². The second kappa shape index (κ2) is 6.20. The van der Waals surface area contributed by atoms with Crippen molar-refractivity contribution in [1.29, 1.82) is 0 Å². The standard InChI is InChI=1S/C10H21NS2/c1-9(2)11(13-8-7-12)10-5-3-4-6-10/h9-10,12H,3-8H2,1-2H3. The summed E-state index contributed by atoms with van der Waals surface area (Å²) in [6.45, 7) is 4.59. The van der Waals surface area contributed by atoms with Crippen LogP contribution < -0.4 is 0 Å². The Labute approximate surface area is 92.2 Å². The van der Waals surface area contributed by atoms with Crippen molar-refractivity contribution in [3.05, 3.63) is 0 Å². The highest BCUT2D eigenvalue weighted by atomic mass is 32.2. The zero-order valence-corrected chi connectivity index (χ0v) is 10.4. The van der Waals surface area contributed by atoms with Gasteiger partial charge in [0.2, 0.25) is 0 Å². The number of nitrogens with zero attached hydrogens (tertiary/aromatic N) is 1. The molecule has 0 aromatic heterocycles. The normalized spacial score (nSPS) is 19.2. The van der Waals surface area contributed by atoms with Crippen LogP contribution in [0.4, 0.5) is 0 Å². The van der Waals surface area contributed by atoms with E-state index >= 15 is 0 Å². The van der Waals surface area contributed by atoms with Crippen LogP contribution in [-0.2, 0) is 0 Å². The maximum absolute atomic E-state index is 4.26. The van der Waals surface area contributed by atoms with Crippen molar-refractivity contribution >= 4 is 24.6 Å². The van der Waals surface area contributed by atoms with Crippen LogP contribution in [0.1, 0.15) is 39.5 Å². The molecule has 0 aromatic rings. The minimum Gasteiger partial charge on any atom is -0.245 e. The summed E-state index contributed by atoms with van der Waals surface area (Å²) in [5.74, 6) is 2.14. The molecule has 1 rings (SSSR count). The molecule has 0 spiro atoms. The van der Waals surface area contributed by atoms with Gasteiger partial charge in [0.05, 0.1) is 0 Å². The highest BCUT2D eigenvalue weighted by Gasteiger charge is 2.24. The van der Waals surface area contributed by atoms with E-state index in [9.17, 15) is 0 Å².